The van der Waals surface area contributed by atoms with Crippen molar-refractivity contribution in [1.82, 2.24) is 0 Å². The van der Waals surface area contributed by atoms with Gasteiger partial charge in [0.15, 0.2) is 0 Å². The van der Waals surface area contributed by atoms with Gasteiger partial charge < -0.3 is 14.9 Å². The SMILES string of the molecule is CC(O)COc1ccc2c(c1)CCCC2O. The van der Waals surface area contributed by atoms with E-state index in [2.05, 4.69) is 0 Å². The predicted octanol–water partition coefficient (Wildman–Crippen LogP) is 1.82. The van der Waals surface area contributed by atoms with E-state index < -0.39 is 6.10 Å². The average Bonchev–Trinajstić information content (AvgIpc) is 2.26. The minimum atomic E-state index is -0.457. The van der Waals surface area contributed by atoms with E-state index in [4.69, 9.17) is 9.84 Å². The third-order valence-corrected chi connectivity index (χ3v) is 2.89. The molecule has 0 amide bonds. The summed E-state index contributed by atoms with van der Waals surface area (Å²) >= 11 is 0. The molecule has 2 rings (SSSR count). The highest BCUT2D eigenvalue weighted by Crippen LogP contribution is 2.31. The van der Waals surface area contributed by atoms with Crippen molar-refractivity contribution in [2.45, 2.75) is 38.4 Å². The van der Waals surface area contributed by atoms with Gasteiger partial charge in [0.2, 0.25) is 0 Å². The molecule has 0 spiro atoms. The Morgan fingerprint density at radius 2 is 2.31 bits per heavy atom. The summed E-state index contributed by atoms with van der Waals surface area (Å²) < 4.78 is 5.44. The van der Waals surface area contributed by atoms with Gasteiger partial charge >= 0.3 is 0 Å². The minimum absolute atomic E-state index is 0.307. The largest absolute Gasteiger partial charge is 0.491 e. The second-order valence-corrected chi connectivity index (χ2v) is 4.43. The van der Waals surface area contributed by atoms with Crippen LogP contribution in [-0.2, 0) is 6.42 Å². The Balaban J connectivity index is 2.12. The number of benzene rings is 1. The third-order valence-electron chi connectivity index (χ3n) is 2.89. The van der Waals surface area contributed by atoms with Crippen LogP contribution in [0.25, 0.3) is 0 Å². The molecule has 1 aliphatic rings. The van der Waals surface area contributed by atoms with E-state index in [1.807, 2.05) is 18.2 Å². The first-order valence-corrected chi connectivity index (χ1v) is 5.78. The maximum atomic E-state index is 9.79. The molecule has 2 unspecified atom stereocenters. The first-order chi connectivity index (χ1) is 7.66. The van der Waals surface area contributed by atoms with Crippen LogP contribution in [0, 0.1) is 0 Å². The fraction of sp³-hybridized carbons (Fsp3) is 0.538. The fourth-order valence-electron chi connectivity index (χ4n) is 2.07. The standard InChI is InChI=1S/C13H18O3/c1-9(14)8-16-11-5-6-12-10(7-11)3-2-4-13(12)15/h5-7,9,13-15H,2-4,8H2,1H3. The molecule has 16 heavy (non-hydrogen) atoms. The quantitative estimate of drug-likeness (QED) is 0.820. The lowest BCUT2D eigenvalue weighted by Gasteiger charge is -2.22. The maximum Gasteiger partial charge on any atom is 0.119 e. The highest BCUT2D eigenvalue weighted by Gasteiger charge is 2.18. The van der Waals surface area contributed by atoms with E-state index in [1.54, 1.807) is 6.92 Å². The van der Waals surface area contributed by atoms with Gasteiger partial charge in [-0.05, 0) is 49.4 Å². The molecule has 1 aliphatic carbocycles. The van der Waals surface area contributed by atoms with E-state index >= 15 is 0 Å². The van der Waals surface area contributed by atoms with Crippen LogP contribution < -0.4 is 4.74 Å². The van der Waals surface area contributed by atoms with Gasteiger partial charge in [-0.1, -0.05) is 6.07 Å². The van der Waals surface area contributed by atoms with Gasteiger partial charge in [-0.2, -0.15) is 0 Å². The predicted molar refractivity (Wildman–Crippen MR) is 61.5 cm³/mol. The van der Waals surface area contributed by atoms with Crippen LogP contribution in [-0.4, -0.2) is 22.9 Å². The highest BCUT2D eigenvalue weighted by molar-refractivity contribution is 5.38. The molecule has 0 heterocycles. The topological polar surface area (TPSA) is 49.7 Å². The lowest BCUT2D eigenvalue weighted by Crippen LogP contribution is -2.14. The van der Waals surface area contributed by atoms with Crippen LogP contribution in [0.3, 0.4) is 0 Å². The molecule has 1 aromatic carbocycles. The van der Waals surface area contributed by atoms with Gasteiger partial charge in [0, 0.05) is 0 Å². The van der Waals surface area contributed by atoms with E-state index in [9.17, 15) is 5.11 Å². The molecule has 0 aromatic heterocycles. The van der Waals surface area contributed by atoms with Crippen LogP contribution in [0.5, 0.6) is 5.75 Å². The summed E-state index contributed by atoms with van der Waals surface area (Å²) in [6.45, 7) is 2.00. The van der Waals surface area contributed by atoms with Gasteiger partial charge in [-0.25, -0.2) is 0 Å². The molecule has 88 valence electrons. The second kappa shape index (κ2) is 4.85. The number of aliphatic hydroxyl groups excluding tert-OH is 2. The zero-order valence-corrected chi connectivity index (χ0v) is 9.52. The van der Waals surface area contributed by atoms with Crippen LogP contribution >= 0.6 is 0 Å². The zero-order chi connectivity index (χ0) is 11.5. The van der Waals surface area contributed by atoms with Crippen LogP contribution in [0.4, 0.5) is 0 Å². The smallest absolute Gasteiger partial charge is 0.119 e. The maximum absolute atomic E-state index is 9.79. The van der Waals surface area contributed by atoms with E-state index in [-0.39, 0.29) is 6.10 Å². The Kier molecular flexibility index (Phi) is 3.46. The number of ether oxygens (including phenoxy) is 1. The fourth-order valence-corrected chi connectivity index (χ4v) is 2.07. The van der Waals surface area contributed by atoms with Crippen molar-refractivity contribution in [3.8, 4) is 5.75 Å². The molecule has 1 aromatic rings. The number of rotatable bonds is 3. The van der Waals surface area contributed by atoms with E-state index in [0.717, 1.165) is 30.6 Å². The van der Waals surface area contributed by atoms with Gasteiger partial charge in [0.1, 0.15) is 12.4 Å². The molecule has 0 saturated heterocycles. The van der Waals surface area contributed by atoms with Crippen molar-refractivity contribution in [3.05, 3.63) is 29.3 Å². The molecule has 2 N–H and O–H groups in total. The minimum Gasteiger partial charge on any atom is -0.491 e. The first kappa shape index (κ1) is 11.4. The summed E-state index contributed by atoms with van der Waals surface area (Å²) in [5, 5.41) is 18.9. The normalized spacial score (nSPS) is 21.3. The van der Waals surface area contributed by atoms with Crippen molar-refractivity contribution in [1.29, 1.82) is 0 Å². The molecule has 3 heteroatoms. The first-order valence-electron chi connectivity index (χ1n) is 5.78. The molecule has 0 radical (unpaired) electrons. The summed E-state index contributed by atoms with van der Waals surface area (Å²) in [5.41, 5.74) is 2.19. The Morgan fingerprint density at radius 1 is 1.50 bits per heavy atom. The summed E-state index contributed by atoms with van der Waals surface area (Å²) in [7, 11) is 0. The number of fused-ring (bicyclic) bond motifs is 1. The van der Waals surface area contributed by atoms with E-state index in [1.165, 1.54) is 5.56 Å². The lowest BCUT2D eigenvalue weighted by molar-refractivity contribution is 0.122. The van der Waals surface area contributed by atoms with Crippen molar-refractivity contribution >= 4 is 0 Å². The van der Waals surface area contributed by atoms with Gasteiger partial charge in [0.05, 0.1) is 12.2 Å². The summed E-state index contributed by atoms with van der Waals surface area (Å²) in [6, 6.07) is 5.76. The number of aryl methyl sites for hydroxylation is 1. The van der Waals surface area contributed by atoms with Crippen molar-refractivity contribution in [2.75, 3.05) is 6.61 Å². The number of aliphatic hydroxyl groups is 2. The number of hydrogen-bond acceptors (Lipinski definition) is 3. The van der Waals surface area contributed by atoms with Crippen molar-refractivity contribution in [3.63, 3.8) is 0 Å². The Hall–Kier alpha value is -1.06. The number of hydrogen-bond donors (Lipinski definition) is 2. The van der Waals surface area contributed by atoms with Crippen LogP contribution in [0.2, 0.25) is 0 Å². The second-order valence-electron chi connectivity index (χ2n) is 4.43. The summed E-state index contributed by atoms with van der Waals surface area (Å²) in [5.74, 6) is 0.772. The van der Waals surface area contributed by atoms with Crippen molar-refractivity contribution in [2.24, 2.45) is 0 Å². The summed E-state index contributed by atoms with van der Waals surface area (Å²) in [4.78, 5) is 0. The molecule has 0 saturated carbocycles. The molecule has 0 fully saturated rings. The molecule has 0 aliphatic heterocycles. The molecule has 2 atom stereocenters. The van der Waals surface area contributed by atoms with E-state index in [0.29, 0.717) is 6.61 Å². The van der Waals surface area contributed by atoms with Gasteiger partial charge in [-0.15, -0.1) is 0 Å². The van der Waals surface area contributed by atoms with Gasteiger partial charge in [-0.3, -0.25) is 0 Å². The molecule has 3 nitrogen and oxygen atoms in total. The molecule has 0 bridgehead atoms. The molecular formula is C13H18O3. The lowest BCUT2D eigenvalue weighted by atomic mass is 9.89. The highest BCUT2D eigenvalue weighted by atomic mass is 16.5. The average molecular weight is 222 g/mol. The van der Waals surface area contributed by atoms with Crippen LogP contribution in [0.1, 0.15) is 37.0 Å². The van der Waals surface area contributed by atoms with Crippen LogP contribution in [0.15, 0.2) is 18.2 Å². The Bertz CT molecular complexity index is 360. The Labute approximate surface area is 95.7 Å². The third kappa shape index (κ3) is 2.54. The van der Waals surface area contributed by atoms with Gasteiger partial charge in [0.25, 0.3) is 0 Å². The summed E-state index contributed by atoms with van der Waals surface area (Å²) in [6.07, 6.45) is 2.09. The molecular weight excluding hydrogens is 204 g/mol. The van der Waals surface area contributed by atoms with Crippen molar-refractivity contribution < 1.29 is 14.9 Å². The Morgan fingerprint density at radius 3 is 3.06 bits per heavy atom. The monoisotopic (exact) mass is 222 g/mol. The zero-order valence-electron chi connectivity index (χ0n) is 9.52.